The van der Waals surface area contributed by atoms with Crippen molar-refractivity contribution in [1.82, 2.24) is 25.3 Å². The van der Waals surface area contributed by atoms with E-state index in [-0.39, 0.29) is 11.1 Å². The van der Waals surface area contributed by atoms with E-state index in [9.17, 15) is 4.79 Å². The average molecular weight is 298 g/mol. The van der Waals surface area contributed by atoms with Gasteiger partial charge in [-0.2, -0.15) is 0 Å². The van der Waals surface area contributed by atoms with Crippen molar-refractivity contribution in [2.45, 2.75) is 6.42 Å². The molecular formula is C13H20ClN5O. The Morgan fingerprint density at radius 1 is 1.30 bits per heavy atom. The van der Waals surface area contributed by atoms with Crippen molar-refractivity contribution < 1.29 is 4.79 Å². The molecule has 1 N–H and O–H groups in total. The summed E-state index contributed by atoms with van der Waals surface area (Å²) in [5.74, 6) is -0.201. The molecule has 0 radical (unpaired) electrons. The Bertz CT molecular complexity index is 431. The number of carbonyl (C=O) groups is 1. The van der Waals surface area contributed by atoms with Crippen LogP contribution < -0.4 is 5.32 Å². The van der Waals surface area contributed by atoms with Crippen molar-refractivity contribution in [2.75, 3.05) is 46.3 Å². The molecule has 7 heteroatoms. The number of piperazine rings is 1. The number of carbonyl (C=O) groups excluding carboxylic acids is 1. The first-order valence-electron chi connectivity index (χ1n) is 6.83. The lowest BCUT2D eigenvalue weighted by molar-refractivity contribution is 0.0943. The quantitative estimate of drug-likeness (QED) is 0.802. The summed E-state index contributed by atoms with van der Waals surface area (Å²) in [7, 11) is 2.14. The zero-order chi connectivity index (χ0) is 14.4. The molecule has 1 saturated heterocycles. The van der Waals surface area contributed by atoms with E-state index >= 15 is 0 Å². The monoisotopic (exact) mass is 297 g/mol. The minimum absolute atomic E-state index is 0.201. The van der Waals surface area contributed by atoms with E-state index in [1.807, 2.05) is 0 Å². The van der Waals surface area contributed by atoms with Gasteiger partial charge in [0, 0.05) is 32.7 Å². The molecule has 0 spiro atoms. The fraction of sp³-hybridized carbons (Fsp3) is 0.615. The van der Waals surface area contributed by atoms with E-state index in [4.69, 9.17) is 11.6 Å². The largest absolute Gasteiger partial charge is 0.351 e. The van der Waals surface area contributed by atoms with Crippen LogP contribution in [0.2, 0.25) is 5.15 Å². The van der Waals surface area contributed by atoms with Crippen molar-refractivity contribution in [2.24, 2.45) is 0 Å². The van der Waals surface area contributed by atoms with Gasteiger partial charge in [0.2, 0.25) is 0 Å². The first-order valence-corrected chi connectivity index (χ1v) is 7.21. The highest BCUT2D eigenvalue weighted by Gasteiger charge is 2.13. The number of amides is 1. The van der Waals surface area contributed by atoms with E-state index in [2.05, 4.69) is 32.4 Å². The molecule has 0 aliphatic carbocycles. The molecule has 2 rings (SSSR count). The Morgan fingerprint density at radius 3 is 2.70 bits per heavy atom. The number of likely N-dealkylation sites (N-methyl/N-ethyl adjacent to an activating group) is 1. The minimum Gasteiger partial charge on any atom is -0.351 e. The zero-order valence-corrected chi connectivity index (χ0v) is 12.4. The fourth-order valence-electron chi connectivity index (χ4n) is 2.10. The number of nitrogens with one attached hydrogen (secondary N) is 1. The Labute approximate surface area is 124 Å². The summed E-state index contributed by atoms with van der Waals surface area (Å²) in [4.78, 5) is 16.5. The maximum atomic E-state index is 11.8. The fourth-order valence-corrected chi connectivity index (χ4v) is 2.20. The van der Waals surface area contributed by atoms with Crippen molar-refractivity contribution in [3.05, 3.63) is 23.0 Å². The van der Waals surface area contributed by atoms with Crippen molar-refractivity contribution >= 4 is 17.5 Å². The van der Waals surface area contributed by atoms with Crippen LogP contribution in [0.4, 0.5) is 0 Å². The standard InChI is InChI=1S/C13H20ClN5O/c1-18-7-9-19(10-8-18)6-2-5-15-13(20)11-3-4-12(14)17-16-11/h3-4H,2,5-10H2,1H3,(H,15,20). The third-order valence-corrected chi connectivity index (χ3v) is 3.60. The SMILES string of the molecule is CN1CCN(CCCNC(=O)c2ccc(Cl)nn2)CC1. The minimum atomic E-state index is -0.201. The molecule has 0 aromatic carbocycles. The maximum absolute atomic E-state index is 11.8. The van der Waals surface area contributed by atoms with E-state index in [0.29, 0.717) is 12.2 Å². The Morgan fingerprint density at radius 2 is 2.05 bits per heavy atom. The first-order chi connectivity index (χ1) is 9.65. The summed E-state index contributed by atoms with van der Waals surface area (Å²) >= 11 is 5.63. The van der Waals surface area contributed by atoms with Crippen molar-refractivity contribution in [3.63, 3.8) is 0 Å². The molecule has 1 aliphatic rings. The topological polar surface area (TPSA) is 61.4 Å². The summed E-state index contributed by atoms with van der Waals surface area (Å²) in [6.45, 7) is 6.11. The lowest BCUT2D eigenvalue weighted by atomic mass is 10.3. The normalized spacial score (nSPS) is 17.1. The van der Waals surface area contributed by atoms with Crippen LogP contribution in [0.1, 0.15) is 16.9 Å². The molecule has 110 valence electrons. The Balaban J connectivity index is 1.63. The summed E-state index contributed by atoms with van der Waals surface area (Å²) in [5.41, 5.74) is 0.300. The van der Waals surface area contributed by atoms with E-state index in [1.54, 1.807) is 12.1 Å². The molecule has 0 saturated carbocycles. The summed E-state index contributed by atoms with van der Waals surface area (Å²) in [5, 5.41) is 10.5. The lowest BCUT2D eigenvalue weighted by Crippen LogP contribution is -2.45. The second-order valence-corrected chi connectivity index (χ2v) is 5.38. The maximum Gasteiger partial charge on any atom is 0.271 e. The van der Waals surface area contributed by atoms with Crippen LogP contribution in [0.15, 0.2) is 12.1 Å². The number of hydrogen-bond donors (Lipinski definition) is 1. The van der Waals surface area contributed by atoms with Gasteiger partial charge in [-0.05, 0) is 32.1 Å². The van der Waals surface area contributed by atoms with Gasteiger partial charge in [-0.25, -0.2) is 0 Å². The number of halogens is 1. The summed E-state index contributed by atoms with van der Waals surface area (Å²) in [6.07, 6.45) is 0.941. The second-order valence-electron chi connectivity index (χ2n) is 5.00. The van der Waals surface area contributed by atoms with Gasteiger partial charge in [-0.1, -0.05) is 11.6 Å². The zero-order valence-electron chi connectivity index (χ0n) is 11.7. The average Bonchev–Trinajstić information content (AvgIpc) is 2.46. The Kier molecular flexibility index (Phi) is 5.70. The molecule has 6 nitrogen and oxygen atoms in total. The number of aromatic nitrogens is 2. The third kappa shape index (κ3) is 4.70. The molecule has 1 amide bonds. The molecular weight excluding hydrogens is 278 g/mol. The van der Waals surface area contributed by atoms with Crippen LogP contribution in [0.3, 0.4) is 0 Å². The predicted octanol–water partition coefficient (Wildman–Crippen LogP) is 0.497. The van der Waals surface area contributed by atoms with Crippen LogP contribution in [0.5, 0.6) is 0 Å². The van der Waals surface area contributed by atoms with Crippen LogP contribution in [0, 0.1) is 0 Å². The van der Waals surface area contributed by atoms with Gasteiger partial charge in [0.1, 0.15) is 0 Å². The molecule has 1 aliphatic heterocycles. The number of hydrogen-bond acceptors (Lipinski definition) is 5. The van der Waals surface area contributed by atoms with Gasteiger partial charge in [0.25, 0.3) is 5.91 Å². The molecule has 1 aromatic heterocycles. The van der Waals surface area contributed by atoms with Gasteiger partial charge < -0.3 is 15.1 Å². The van der Waals surface area contributed by atoms with Crippen LogP contribution >= 0.6 is 11.6 Å². The number of nitrogens with zero attached hydrogens (tertiary/aromatic N) is 4. The predicted molar refractivity (Wildman–Crippen MR) is 77.9 cm³/mol. The van der Waals surface area contributed by atoms with Crippen LogP contribution in [-0.2, 0) is 0 Å². The van der Waals surface area contributed by atoms with E-state index in [1.165, 1.54) is 0 Å². The Hall–Kier alpha value is -1.24. The molecule has 0 unspecified atom stereocenters. The van der Waals surface area contributed by atoms with Gasteiger partial charge >= 0.3 is 0 Å². The molecule has 1 fully saturated rings. The van der Waals surface area contributed by atoms with Crippen LogP contribution in [-0.4, -0.2) is 72.2 Å². The number of rotatable bonds is 5. The molecule has 20 heavy (non-hydrogen) atoms. The van der Waals surface area contributed by atoms with Gasteiger partial charge in [-0.3, -0.25) is 4.79 Å². The molecule has 1 aromatic rings. The highest BCUT2D eigenvalue weighted by atomic mass is 35.5. The lowest BCUT2D eigenvalue weighted by Gasteiger charge is -2.32. The van der Waals surface area contributed by atoms with Crippen molar-refractivity contribution in [3.8, 4) is 0 Å². The van der Waals surface area contributed by atoms with Gasteiger partial charge in [0.15, 0.2) is 10.8 Å². The molecule has 2 heterocycles. The van der Waals surface area contributed by atoms with E-state index < -0.39 is 0 Å². The second kappa shape index (κ2) is 7.52. The van der Waals surface area contributed by atoms with Gasteiger partial charge in [-0.15, -0.1) is 10.2 Å². The van der Waals surface area contributed by atoms with Crippen molar-refractivity contribution in [1.29, 1.82) is 0 Å². The summed E-state index contributed by atoms with van der Waals surface area (Å²) < 4.78 is 0. The van der Waals surface area contributed by atoms with Gasteiger partial charge in [0.05, 0.1) is 0 Å². The smallest absolute Gasteiger partial charge is 0.271 e. The van der Waals surface area contributed by atoms with E-state index in [0.717, 1.165) is 39.1 Å². The summed E-state index contributed by atoms with van der Waals surface area (Å²) in [6, 6.07) is 3.14. The molecule has 0 bridgehead atoms. The highest BCUT2D eigenvalue weighted by molar-refractivity contribution is 6.29. The first kappa shape index (κ1) is 15.2. The van der Waals surface area contributed by atoms with Crippen LogP contribution in [0.25, 0.3) is 0 Å². The molecule has 0 atom stereocenters. The highest BCUT2D eigenvalue weighted by Crippen LogP contribution is 2.02. The third-order valence-electron chi connectivity index (χ3n) is 3.40.